The molecule has 1 aromatic rings. The number of aromatic hydroxyl groups is 1. The van der Waals surface area contributed by atoms with Gasteiger partial charge < -0.3 is 9.84 Å². The Morgan fingerprint density at radius 3 is 2.71 bits per heavy atom. The molecular weight excluding hydrogens is 212 g/mol. The van der Waals surface area contributed by atoms with Crippen LogP contribution in [0.4, 0.5) is 0 Å². The Labute approximate surface area is 102 Å². The van der Waals surface area contributed by atoms with Crippen molar-refractivity contribution in [3.05, 3.63) is 47.6 Å². The molecule has 0 saturated carbocycles. The lowest BCUT2D eigenvalue weighted by Crippen LogP contribution is -2.30. The van der Waals surface area contributed by atoms with Crippen molar-refractivity contribution in [1.29, 1.82) is 0 Å². The first-order chi connectivity index (χ1) is 7.98. The van der Waals surface area contributed by atoms with Crippen LogP contribution in [0.15, 0.2) is 42.0 Å². The predicted molar refractivity (Wildman–Crippen MR) is 69.4 cm³/mol. The molecule has 0 aliphatic heterocycles. The minimum atomic E-state index is -0.289. The van der Waals surface area contributed by atoms with Gasteiger partial charge in [0.15, 0.2) is 0 Å². The quantitative estimate of drug-likeness (QED) is 0.838. The first-order valence-corrected chi connectivity index (χ1v) is 5.83. The van der Waals surface area contributed by atoms with E-state index in [1.54, 1.807) is 12.1 Å². The Balaban J connectivity index is 2.21. The molecule has 1 aromatic carbocycles. The SMILES string of the molecule is CC1=CC(C)(Oc2ccc(O)c(C)c2)CC=C1. The van der Waals surface area contributed by atoms with Crippen molar-refractivity contribution in [2.24, 2.45) is 0 Å². The van der Waals surface area contributed by atoms with Crippen LogP contribution < -0.4 is 4.74 Å². The van der Waals surface area contributed by atoms with Crippen LogP contribution in [-0.4, -0.2) is 10.7 Å². The molecule has 2 nitrogen and oxygen atoms in total. The van der Waals surface area contributed by atoms with Gasteiger partial charge in [-0.3, -0.25) is 0 Å². The first kappa shape index (κ1) is 11.8. The van der Waals surface area contributed by atoms with Crippen molar-refractivity contribution >= 4 is 0 Å². The fraction of sp³-hybridized carbons (Fsp3) is 0.333. The van der Waals surface area contributed by atoms with Crippen molar-refractivity contribution in [1.82, 2.24) is 0 Å². The third kappa shape index (κ3) is 2.70. The zero-order valence-corrected chi connectivity index (χ0v) is 10.5. The van der Waals surface area contributed by atoms with Gasteiger partial charge in [0.1, 0.15) is 17.1 Å². The number of hydrogen-bond acceptors (Lipinski definition) is 2. The molecule has 0 bridgehead atoms. The minimum Gasteiger partial charge on any atom is -0.508 e. The van der Waals surface area contributed by atoms with Crippen LogP contribution in [0.3, 0.4) is 0 Å². The standard InChI is InChI=1S/C15H18O2/c1-11-5-4-8-15(3,10-11)17-13-6-7-14(16)12(2)9-13/h4-7,9-10,16H,8H2,1-3H3. The van der Waals surface area contributed by atoms with E-state index >= 15 is 0 Å². The summed E-state index contributed by atoms with van der Waals surface area (Å²) in [7, 11) is 0. The molecule has 0 radical (unpaired) electrons. The normalized spacial score (nSPS) is 23.4. The average Bonchev–Trinajstić information content (AvgIpc) is 2.22. The van der Waals surface area contributed by atoms with E-state index in [4.69, 9.17) is 4.74 Å². The van der Waals surface area contributed by atoms with Crippen molar-refractivity contribution in [3.63, 3.8) is 0 Å². The lowest BCUT2D eigenvalue weighted by molar-refractivity contribution is 0.141. The van der Waals surface area contributed by atoms with Gasteiger partial charge in [-0.15, -0.1) is 0 Å². The Hall–Kier alpha value is -1.70. The second-order valence-corrected chi connectivity index (χ2v) is 4.86. The van der Waals surface area contributed by atoms with Crippen LogP contribution in [0.1, 0.15) is 25.8 Å². The third-order valence-corrected chi connectivity index (χ3v) is 2.96. The van der Waals surface area contributed by atoms with Gasteiger partial charge >= 0.3 is 0 Å². The molecule has 0 aromatic heterocycles. The second-order valence-electron chi connectivity index (χ2n) is 4.86. The number of benzene rings is 1. The molecule has 90 valence electrons. The van der Waals surface area contributed by atoms with Crippen molar-refractivity contribution in [3.8, 4) is 11.5 Å². The molecule has 17 heavy (non-hydrogen) atoms. The van der Waals surface area contributed by atoms with Gasteiger partial charge in [-0.1, -0.05) is 17.7 Å². The number of ether oxygens (including phenoxy) is 1. The smallest absolute Gasteiger partial charge is 0.128 e. The molecule has 0 heterocycles. The van der Waals surface area contributed by atoms with E-state index in [2.05, 4.69) is 32.1 Å². The molecule has 0 spiro atoms. The molecule has 0 saturated heterocycles. The van der Waals surface area contributed by atoms with Crippen LogP contribution in [-0.2, 0) is 0 Å². The van der Waals surface area contributed by atoms with Gasteiger partial charge in [0.05, 0.1) is 0 Å². The summed E-state index contributed by atoms with van der Waals surface area (Å²) in [6.07, 6.45) is 7.23. The van der Waals surface area contributed by atoms with Gasteiger partial charge in [-0.2, -0.15) is 0 Å². The molecule has 0 amide bonds. The summed E-state index contributed by atoms with van der Waals surface area (Å²) in [6, 6.07) is 5.33. The van der Waals surface area contributed by atoms with Crippen LogP contribution in [0.5, 0.6) is 11.5 Å². The summed E-state index contributed by atoms with van der Waals surface area (Å²) in [6.45, 7) is 6.01. The molecule has 1 unspecified atom stereocenters. The maximum absolute atomic E-state index is 9.48. The number of phenols is 1. The van der Waals surface area contributed by atoms with E-state index in [1.807, 2.05) is 13.0 Å². The third-order valence-electron chi connectivity index (χ3n) is 2.96. The molecule has 1 aliphatic carbocycles. The van der Waals surface area contributed by atoms with Gasteiger partial charge in [-0.25, -0.2) is 0 Å². The molecular formula is C15H18O2. The van der Waals surface area contributed by atoms with Crippen molar-refractivity contribution in [2.45, 2.75) is 32.8 Å². The van der Waals surface area contributed by atoms with Gasteiger partial charge in [0, 0.05) is 6.42 Å². The Kier molecular flexibility index (Phi) is 2.97. The topological polar surface area (TPSA) is 29.5 Å². The van der Waals surface area contributed by atoms with E-state index in [0.717, 1.165) is 17.7 Å². The Morgan fingerprint density at radius 2 is 2.06 bits per heavy atom. The maximum atomic E-state index is 9.48. The summed E-state index contributed by atoms with van der Waals surface area (Å²) < 4.78 is 6.01. The molecule has 1 N–H and O–H groups in total. The summed E-state index contributed by atoms with van der Waals surface area (Å²) >= 11 is 0. The number of phenolic OH excluding ortho intramolecular Hbond substituents is 1. The highest BCUT2D eigenvalue weighted by Gasteiger charge is 2.24. The lowest BCUT2D eigenvalue weighted by atomic mass is 9.94. The van der Waals surface area contributed by atoms with Gasteiger partial charge in [0.2, 0.25) is 0 Å². The average molecular weight is 230 g/mol. The van der Waals surface area contributed by atoms with Crippen LogP contribution in [0.2, 0.25) is 0 Å². The first-order valence-electron chi connectivity index (χ1n) is 5.83. The maximum Gasteiger partial charge on any atom is 0.128 e. The van der Waals surface area contributed by atoms with Crippen LogP contribution in [0, 0.1) is 6.92 Å². The molecule has 2 rings (SSSR count). The Morgan fingerprint density at radius 1 is 1.29 bits per heavy atom. The molecule has 2 heteroatoms. The number of rotatable bonds is 2. The van der Waals surface area contributed by atoms with Crippen molar-refractivity contribution < 1.29 is 9.84 Å². The number of hydrogen-bond donors (Lipinski definition) is 1. The minimum absolute atomic E-state index is 0.289. The summed E-state index contributed by atoms with van der Waals surface area (Å²) in [4.78, 5) is 0. The summed E-state index contributed by atoms with van der Waals surface area (Å²) in [5.41, 5.74) is 1.76. The van der Waals surface area contributed by atoms with E-state index in [-0.39, 0.29) is 5.60 Å². The fourth-order valence-electron chi connectivity index (χ4n) is 2.10. The van der Waals surface area contributed by atoms with E-state index in [1.165, 1.54) is 5.57 Å². The van der Waals surface area contributed by atoms with E-state index in [0.29, 0.717) is 5.75 Å². The summed E-state index contributed by atoms with van der Waals surface area (Å²) in [5, 5.41) is 9.48. The van der Waals surface area contributed by atoms with E-state index < -0.39 is 0 Å². The van der Waals surface area contributed by atoms with Gasteiger partial charge in [-0.05, 0) is 50.6 Å². The van der Waals surface area contributed by atoms with E-state index in [9.17, 15) is 5.11 Å². The van der Waals surface area contributed by atoms with Crippen LogP contribution >= 0.6 is 0 Å². The molecule has 0 fully saturated rings. The molecule has 1 aliphatic rings. The largest absolute Gasteiger partial charge is 0.508 e. The highest BCUT2D eigenvalue weighted by molar-refractivity contribution is 5.39. The zero-order chi connectivity index (χ0) is 12.5. The predicted octanol–water partition coefficient (Wildman–Crippen LogP) is 3.74. The monoisotopic (exact) mass is 230 g/mol. The highest BCUT2D eigenvalue weighted by atomic mass is 16.5. The number of aryl methyl sites for hydroxylation is 1. The van der Waals surface area contributed by atoms with Gasteiger partial charge in [0.25, 0.3) is 0 Å². The zero-order valence-electron chi connectivity index (χ0n) is 10.5. The van der Waals surface area contributed by atoms with Crippen molar-refractivity contribution in [2.75, 3.05) is 0 Å². The second kappa shape index (κ2) is 4.28. The fourth-order valence-corrected chi connectivity index (χ4v) is 2.10. The lowest BCUT2D eigenvalue weighted by Gasteiger charge is -2.29. The molecule has 1 atom stereocenters. The summed E-state index contributed by atoms with van der Waals surface area (Å²) in [5.74, 6) is 1.10. The highest BCUT2D eigenvalue weighted by Crippen LogP contribution is 2.30. The Bertz CT molecular complexity index is 486. The van der Waals surface area contributed by atoms with Crippen LogP contribution in [0.25, 0.3) is 0 Å². The number of allylic oxidation sites excluding steroid dienone is 2.